The van der Waals surface area contributed by atoms with E-state index in [0.717, 1.165) is 6.07 Å². The number of para-hydroxylation sites is 1. The second-order valence-corrected chi connectivity index (χ2v) is 6.80. The second kappa shape index (κ2) is 5.81. The number of benzene rings is 1. The lowest BCUT2D eigenvalue weighted by molar-refractivity contribution is -0.0435. The third kappa shape index (κ3) is 3.38. The minimum Gasteiger partial charge on any atom is -0.378 e. The lowest BCUT2D eigenvalue weighted by Crippen LogP contribution is -2.37. The topological polar surface area (TPSA) is 46.2 Å². The minimum absolute atomic E-state index is 0.102. The van der Waals surface area contributed by atoms with Crippen LogP contribution >= 0.6 is 11.6 Å². The van der Waals surface area contributed by atoms with Gasteiger partial charge in [0.25, 0.3) is 9.84 Å². The largest absolute Gasteiger partial charge is 0.501 e. The molecule has 0 radical (unpaired) electrons. The fraction of sp³-hybridized carbons (Fsp3) is 0.500. The SMILES string of the molecule is CCC(C)(CCl)Nc1ccccc1S(=O)(=O)C(F)(F)F. The Labute approximate surface area is 121 Å². The van der Waals surface area contributed by atoms with Crippen LogP contribution in [0.25, 0.3) is 0 Å². The van der Waals surface area contributed by atoms with Crippen molar-refractivity contribution in [2.24, 2.45) is 0 Å². The van der Waals surface area contributed by atoms with Crippen LogP contribution in [0.15, 0.2) is 29.2 Å². The molecule has 114 valence electrons. The van der Waals surface area contributed by atoms with Gasteiger partial charge in [-0.2, -0.15) is 13.2 Å². The van der Waals surface area contributed by atoms with E-state index >= 15 is 0 Å². The smallest absolute Gasteiger partial charge is 0.378 e. The van der Waals surface area contributed by atoms with Crippen molar-refractivity contribution < 1.29 is 21.6 Å². The zero-order valence-electron chi connectivity index (χ0n) is 11.0. The van der Waals surface area contributed by atoms with E-state index in [1.807, 2.05) is 0 Å². The van der Waals surface area contributed by atoms with E-state index in [4.69, 9.17) is 11.6 Å². The first kappa shape index (κ1) is 17.1. The number of sulfone groups is 1. The number of rotatable bonds is 5. The van der Waals surface area contributed by atoms with Gasteiger partial charge in [0, 0.05) is 11.4 Å². The van der Waals surface area contributed by atoms with Crippen molar-refractivity contribution in [2.45, 2.75) is 36.2 Å². The van der Waals surface area contributed by atoms with Crippen molar-refractivity contribution in [2.75, 3.05) is 11.2 Å². The predicted molar refractivity (Wildman–Crippen MR) is 72.7 cm³/mol. The van der Waals surface area contributed by atoms with Gasteiger partial charge >= 0.3 is 5.51 Å². The molecule has 20 heavy (non-hydrogen) atoms. The van der Waals surface area contributed by atoms with Gasteiger partial charge in [0.1, 0.15) is 0 Å². The highest BCUT2D eigenvalue weighted by atomic mass is 35.5. The molecule has 1 N–H and O–H groups in total. The van der Waals surface area contributed by atoms with Gasteiger partial charge in [-0.1, -0.05) is 19.1 Å². The maximum absolute atomic E-state index is 12.7. The average Bonchev–Trinajstić information content (AvgIpc) is 2.37. The molecule has 1 aromatic carbocycles. The molecule has 0 aliphatic carbocycles. The van der Waals surface area contributed by atoms with Crippen LogP contribution in [0.2, 0.25) is 0 Å². The Morgan fingerprint density at radius 1 is 1.25 bits per heavy atom. The van der Waals surface area contributed by atoms with E-state index in [-0.39, 0.29) is 11.6 Å². The summed E-state index contributed by atoms with van der Waals surface area (Å²) in [6.45, 7) is 3.51. The van der Waals surface area contributed by atoms with E-state index in [0.29, 0.717) is 6.42 Å². The Morgan fingerprint density at radius 2 is 1.80 bits per heavy atom. The van der Waals surface area contributed by atoms with E-state index in [1.54, 1.807) is 13.8 Å². The molecule has 0 bridgehead atoms. The molecule has 0 spiro atoms. The van der Waals surface area contributed by atoms with Crippen LogP contribution < -0.4 is 5.32 Å². The highest BCUT2D eigenvalue weighted by molar-refractivity contribution is 7.92. The van der Waals surface area contributed by atoms with Crippen molar-refractivity contribution in [3.8, 4) is 0 Å². The summed E-state index contributed by atoms with van der Waals surface area (Å²) < 4.78 is 61.0. The van der Waals surface area contributed by atoms with Gasteiger partial charge in [0.2, 0.25) is 0 Å². The minimum atomic E-state index is -5.40. The fourth-order valence-electron chi connectivity index (χ4n) is 1.47. The number of hydrogen-bond donors (Lipinski definition) is 1. The molecular formula is C12H15ClF3NO2S. The summed E-state index contributed by atoms with van der Waals surface area (Å²) in [6.07, 6.45) is 0.525. The van der Waals surface area contributed by atoms with Crippen LogP contribution in [0.1, 0.15) is 20.3 Å². The molecule has 1 rings (SSSR count). The van der Waals surface area contributed by atoms with Crippen LogP contribution in [0.5, 0.6) is 0 Å². The molecule has 0 amide bonds. The summed E-state index contributed by atoms with van der Waals surface area (Å²) >= 11 is 5.78. The summed E-state index contributed by atoms with van der Waals surface area (Å²) in [7, 11) is -5.40. The summed E-state index contributed by atoms with van der Waals surface area (Å²) in [5.41, 5.74) is -6.14. The van der Waals surface area contributed by atoms with Crippen LogP contribution in [0, 0.1) is 0 Å². The first-order valence-corrected chi connectivity index (χ1v) is 7.84. The summed E-state index contributed by atoms with van der Waals surface area (Å²) in [4.78, 5) is -0.794. The highest BCUT2D eigenvalue weighted by Crippen LogP contribution is 2.35. The van der Waals surface area contributed by atoms with Gasteiger partial charge in [-0.25, -0.2) is 8.42 Å². The zero-order chi connectivity index (χ0) is 15.6. The summed E-state index contributed by atoms with van der Waals surface area (Å²) in [5.74, 6) is 0.129. The molecule has 1 unspecified atom stereocenters. The maximum Gasteiger partial charge on any atom is 0.501 e. The third-order valence-electron chi connectivity index (χ3n) is 2.99. The Balaban J connectivity index is 3.33. The number of hydrogen-bond acceptors (Lipinski definition) is 3. The molecule has 0 saturated carbocycles. The molecule has 0 saturated heterocycles. The quantitative estimate of drug-likeness (QED) is 0.836. The van der Waals surface area contributed by atoms with Crippen molar-refractivity contribution in [3.05, 3.63) is 24.3 Å². The lowest BCUT2D eigenvalue weighted by Gasteiger charge is -2.29. The van der Waals surface area contributed by atoms with Crippen molar-refractivity contribution in [3.63, 3.8) is 0 Å². The number of anilines is 1. The fourth-order valence-corrected chi connectivity index (χ4v) is 2.64. The van der Waals surface area contributed by atoms with Crippen molar-refractivity contribution in [1.29, 1.82) is 0 Å². The van der Waals surface area contributed by atoms with Crippen LogP contribution in [-0.2, 0) is 9.84 Å². The first-order chi connectivity index (χ1) is 9.07. The predicted octanol–water partition coefficient (Wildman–Crippen LogP) is 3.80. The van der Waals surface area contributed by atoms with Crippen LogP contribution in [0.3, 0.4) is 0 Å². The highest BCUT2D eigenvalue weighted by Gasteiger charge is 2.48. The third-order valence-corrected chi connectivity index (χ3v) is 5.13. The van der Waals surface area contributed by atoms with Gasteiger partial charge < -0.3 is 5.32 Å². The van der Waals surface area contributed by atoms with Gasteiger partial charge in [-0.15, -0.1) is 11.6 Å². The van der Waals surface area contributed by atoms with E-state index in [9.17, 15) is 21.6 Å². The zero-order valence-corrected chi connectivity index (χ0v) is 12.5. The molecule has 8 heteroatoms. The van der Waals surface area contributed by atoms with Crippen molar-refractivity contribution in [1.82, 2.24) is 0 Å². The number of nitrogens with one attached hydrogen (secondary N) is 1. The van der Waals surface area contributed by atoms with E-state index < -0.39 is 25.8 Å². The molecule has 0 aliphatic heterocycles. The monoisotopic (exact) mass is 329 g/mol. The van der Waals surface area contributed by atoms with Gasteiger partial charge in [0.05, 0.1) is 10.6 Å². The van der Waals surface area contributed by atoms with Gasteiger partial charge in [0.15, 0.2) is 0 Å². The Morgan fingerprint density at radius 3 is 2.25 bits per heavy atom. The Bertz CT molecular complexity index is 568. The molecule has 1 aromatic rings. The first-order valence-electron chi connectivity index (χ1n) is 5.82. The Kier molecular flexibility index (Phi) is 4.97. The molecule has 3 nitrogen and oxygen atoms in total. The van der Waals surface area contributed by atoms with Crippen molar-refractivity contribution >= 4 is 27.1 Å². The van der Waals surface area contributed by atoms with E-state index in [1.165, 1.54) is 18.2 Å². The van der Waals surface area contributed by atoms with Gasteiger partial charge in [-0.3, -0.25) is 0 Å². The molecule has 0 fully saturated rings. The molecule has 0 aromatic heterocycles. The standard InChI is InChI=1S/C12H15ClF3NO2S/c1-3-11(2,8-13)17-9-6-4-5-7-10(9)20(18,19)12(14,15)16/h4-7,17H,3,8H2,1-2H3. The second-order valence-electron chi connectivity index (χ2n) is 4.62. The number of alkyl halides is 4. The maximum atomic E-state index is 12.7. The normalized spacial score (nSPS) is 15.7. The van der Waals surface area contributed by atoms with E-state index in [2.05, 4.69) is 5.32 Å². The molecule has 0 heterocycles. The number of halogens is 4. The van der Waals surface area contributed by atoms with Crippen LogP contribution in [-0.4, -0.2) is 25.3 Å². The Hall–Kier alpha value is -0.950. The van der Waals surface area contributed by atoms with Crippen LogP contribution in [0.4, 0.5) is 18.9 Å². The average molecular weight is 330 g/mol. The molecule has 0 aliphatic rings. The van der Waals surface area contributed by atoms with Gasteiger partial charge in [-0.05, 0) is 25.5 Å². The summed E-state index contributed by atoms with van der Waals surface area (Å²) in [6, 6.07) is 4.92. The molecular weight excluding hydrogens is 315 g/mol. The lowest BCUT2D eigenvalue weighted by atomic mass is 10.0. The summed E-state index contributed by atoms with van der Waals surface area (Å²) in [5, 5.41) is 2.79. The molecule has 1 atom stereocenters.